The number of aliphatic hydroxyl groups is 2. The highest BCUT2D eigenvalue weighted by atomic mass is 16.5. The maximum atomic E-state index is 12.7. The highest BCUT2D eigenvalue weighted by Crippen LogP contribution is 2.48. The number of anilines is 1. The third-order valence-electron chi connectivity index (χ3n) is 6.98. The van der Waals surface area contributed by atoms with Crippen LogP contribution in [0.3, 0.4) is 0 Å². The van der Waals surface area contributed by atoms with Crippen LogP contribution in [0.1, 0.15) is 43.4 Å². The number of carbonyl (C=O) groups is 1. The summed E-state index contributed by atoms with van der Waals surface area (Å²) in [4.78, 5) is 12.7. The van der Waals surface area contributed by atoms with E-state index in [9.17, 15) is 25.2 Å². The van der Waals surface area contributed by atoms with E-state index in [1.54, 1.807) is 18.2 Å². The van der Waals surface area contributed by atoms with E-state index in [4.69, 9.17) is 9.47 Å². The number of carbonyl (C=O) groups excluding carboxylic acids is 1. The minimum Gasteiger partial charge on any atom is -0.508 e. The van der Waals surface area contributed by atoms with Crippen molar-refractivity contribution < 1.29 is 34.7 Å². The fourth-order valence-corrected chi connectivity index (χ4v) is 4.60. The topological polar surface area (TPSA) is 128 Å². The lowest BCUT2D eigenvalue weighted by molar-refractivity contribution is -0.142. The van der Waals surface area contributed by atoms with Gasteiger partial charge in [0.05, 0.1) is 30.1 Å². The summed E-state index contributed by atoms with van der Waals surface area (Å²) in [5.41, 5.74) is -1.75. The average Bonchev–Trinajstić information content (AvgIpc) is 2.81. The van der Waals surface area contributed by atoms with Gasteiger partial charge in [0.15, 0.2) is 11.7 Å². The maximum Gasteiger partial charge on any atom is 0.257 e. The van der Waals surface area contributed by atoms with Crippen molar-refractivity contribution in [3.05, 3.63) is 59.2 Å². The Morgan fingerprint density at radius 1 is 1.15 bits per heavy atom. The van der Waals surface area contributed by atoms with Gasteiger partial charge in [-0.05, 0) is 49.6 Å². The normalized spacial score (nSPS) is 31.3. The lowest BCUT2D eigenvalue weighted by Gasteiger charge is -2.41. The molecule has 1 amide bonds. The number of fused-ring (bicyclic) bond motifs is 1. The standard InChI is InChI=1S/C26H31NO7/c1-24(14-28)12-13-25(2,34-15-24)11-10-16-4-9-19-20(21(16)30)26(32,22(33-3)23(31)27-19)17-5-7-18(29)8-6-17/h4-11,22,28-30,32H,12-15H2,1-3H3,(H,27,31)/b11-10+. The number of hydrogen-bond donors (Lipinski definition) is 5. The van der Waals surface area contributed by atoms with E-state index in [1.165, 1.54) is 31.4 Å². The predicted molar refractivity (Wildman–Crippen MR) is 126 cm³/mol. The Morgan fingerprint density at radius 2 is 1.85 bits per heavy atom. The molecule has 0 bridgehead atoms. The monoisotopic (exact) mass is 469 g/mol. The van der Waals surface area contributed by atoms with Crippen LogP contribution in [-0.4, -0.2) is 58.4 Å². The number of nitrogens with one attached hydrogen (secondary N) is 1. The first-order valence-corrected chi connectivity index (χ1v) is 11.2. The molecule has 4 atom stereocenters. The fourth-order valence-electron chi connectivity index (χ4n) is 4.60. The maximum absolute atomic E-state index is 12.7. The molecule has 2 aliphatic heterocycles. The van der Waals surface area contributed by atoms with Crippen LogP contribution < -0.4 is 5.32 Å². The number of amides is 1. The first-order valence-electron chi connectivity index (χ1n) is 11.2. The average molecular weight is 470 g/mol. The molecule has 0 aromatic heterocycles. The summed E-state index contributed by atoms with van der Waals surface area (Å²) in [6, 6.07) is 9.04. The van der Waals surface area contributed by atoms with Gasteiger partial charge in [0.1, 0.15) is 11.5 Å². The van der Waals surface area contributed by atoms with Crippen LogP contribution in [0.15, 0.2) is 42.5 Å². The first kappa shape index (κ1) is 24.2. The molecule has 8 nitrogen and oxygen atoms in total. The Kier molecular flexibility index (Phi) is 6.20. The van der Waals surface area contributed by atoms with Crippen molar-refractivity contribution in [2.75, 3.05) is 25.6 Å². The van der Waals surface area contributed by atoms with Crippen LogP contribution in [0.25, 0.3) is 6.08 Å². The molecule has 8 heteroatoms. The van der Waals surface area contributed by atoms with Crippen molar-refractivity contribution in [1.29, 1.82) is 0 Å². The number of hydrogen-bond acceptors (Lipinski definition) is 7. The molecule has 34 heavy (non-hydrogen) atoms. The number of aromatic hydroxyl groups is 2. The van der Waals surface area contributed by atoms with Gasteiger partial charge in [-0.2, -0.15) is 0 Å². The van der Waals surface area contributed by atoms with E-state index in [2.05, 4.69) is 5.32 Å². The number of methoxy groups -OCH3 is 1. The number of benzene rings is 2. The largest absolute Gasteiger partial charge is 0.508 e. The zero-order valence-corrected chi connectivity index (χ0v) is 19.5. The molecule has 5 N–H and O–H groups in total. The lowest BCUT2D eigenvalue weighted by atomic mass is 9.76. The van der Waals surface area contributed by atoms with Crippen LogP contribution in [0.4, 0.5) is 5.69 Å². The highest BCUT2D eigenvalue weighted by Gasteiger charge is 2.51. The molecule has 4 rings (SSSR count). The van der Waals surface area contributed by atoms with Crippen molar-refractivity contribution >= 4 is 17.7 Å². The van der Waals surface area contributed by atoms with Crippen LogP contribution >= 0.6 is 0 Å². The molecule has 182 valence electrons. The first-order chi connectivity index (χ1) is 16.0. The van der Waals surface area contributed by atoms with Gasteiger partial charge in [0.2, 0.25) is 0 Å². The van der Waals surface area contributed by atoms with E-state index in [-0.39, 0.29) is 40.3 Å². The van der Waals surface area contributed by atoms with E-state index in [0.29, 0.717) is 18.6 Å². The molecule has 2 aromatic carbocycles. The fraction of sp³-hybridized carbons (Fsp3) is 0.423. The summed E-state index contributed by atoms with van der Waals surface area (Å²) in [6.07, 6.45) is 3.76. The Morgan fingerprint density at radius 3 is 2.44 bits per heavy atom. The van der Waals surface area contributed by atoms with Gasteiger partial charge in [-0.3, -0.25) is 4.79 Å². The van der Waals surface area contributed by atoms with E-state index in [0.717, 1.165) is 6.42 Å². The Balaban J connectivity index is 1.76. The molecular formula is C26H31NO7. The molecule has 2 heterocycles. The van der Waals surface area contributed by atoms with Gasteiger partial charge < -0.3 is 35.2 Å². The Bertz CT molecular complexity index is 1100. The smallest absolute Gasteiger partial charge is 0.257 e. The molecule has 1 fully saturated rings. The molecule has 1 saturated heterocycles. The summed E-state index contributed by atoms with van der Waals surface area (Å²) in [7, 11) is 1.31. The summed E-state index contributed by atoms with van der Waals surface area (Å²) >= 11 is 0. The molecule has 0 radical (unpaired) electrons. The number of aliphatic hydroxyl groups excluding tert-OH is 1. The zero-order chi connectivity index (χ0) is 24.7. The van der Waals surface area contributed by atoms with Gasteiger partial charge in [0, 0.05) is 18.1 Å². The second kappa shape index (κ2) is 8.70. The molecule has 2 aliphatic rings. The summed E-state index contributed by atoms with van der Waals surface area (Å²) in [5, 5.41) is 45.1. The van der Waals surface area contributed by atoms with Crippen molar-refractivity contribution in [1.82, 2.24) is 0 Å². The van der Waals surface area contributed by atoms with Gasteiger partial charge in [-0.25, -0.2) is 0 Å². The highest BCUT2D eigenvalue weighted by molar-refractivity contribution is 6.00. The third-order valence-corrected chi connectivity index (χ3v) is 6.98. The summed E-state index contributed by atoms with van der Waals surface area (Å²) < 4.78 is 11.4. The molecule has 0 aliphatic carbocycles. The van der Waals surface area contributed by atoms with E-state index in [1.807, 2.05) is 19.9 Å². The van der Waals surface area contributed by atoms with Gasteiger partial charge in [-0.1, -0.05) is 31.2 Å². The molecule has 4 unspecified atom stereocenters. The second-order valence-corrected chi connectivity index (χ2v) is 9.75. The minimum absolute atomic E-state index is 0.000675. The Labute approximate surface area is 198 Å². The molecule has 0 saturated carbocycles. The molecule has 0 spiro atoms. The minimum atomic E-state index is -2.00. The zero-order valence-electron chi connectivity index (χ0n) is 19.5. The third kappa shape index (κ3) is 4.07. The van der Waals surface area contributed by atoms with Crippen LogP contribution in [-0.2, 0) is 19.9 Å². The number of phenols is 2. The van der Waals surface area contributed by atoms with Crippen molar-refractivity contribution in [3.63, 3.8) is 0 Å². The Hall–Kier alpha value is -2.91. The van der Waals surface area contributed by atoms with Crippen molar-refractivity contribution in [3.8, 4) is 11.5 Å². The van der Waals surface area contributed by atoms with Gasteiger partial charge in [-0.15, -0.1) is 0 Å². The predicted octanol–water partition coefficient (Wildman–Crippen LogP) is 2.88. The van der Waals surface area contributed by atoms with Crippen molar-refractivity contribution in [2.24, 2.45) is 5.41 Å². The summed E-state index contributed by atoms with van der Waals surface area (Å²) in [5.74, 6) is -0.755. The number of rotatable bonds is 5. The molecule has 2 aromatic rings. The number of ether oxygens (including phenoxy) is 2. The number of phenolic OH excluding ortho intramolecular Hbond substituents is 2. The summed E-state index contributed by atoms with van der Waals surface area (Å²) in [6.45, 7) is 4.41. The quantitative estimate of drug-likeness (QED) is 0.455. The van der Waals surface area contributed by atoms with Crippen molar-refractivity contribution in [2.45, 2.75) is 44.0 Å². The van der Waals surface area contributed by atoms with Crippen LogP contribution in [0.5, 0.6) is 11.5 Å². The SMILES string of the molecule is COC1C(=O)Nc2ccc(/C=C/C3(C)CCC(C)(CO)CO3)c(O)c2C1(O)c1ccc(O)cc1. The lowest BCUT2D eigenvalue weighted by Crippen LogP contribution is -2.52. The van der Waals surface area contributed by atoms with Gasteiger partial charge in [0.25, 0.3) is 5.91 Å². The van der Waals surface area contributed by atoms with Gasteiger partial charge >= 0.3 is 0 Å². The van der Waals surface area contributed by atoms with Crippen LogP contribution in [0, 0.1) is 5.41 Å². The molecular weight excluding hydrogens is 438 g/mol. The van der Waals surface area contributed by atoms with E-state index >= 15 is 0 Å². The van der Waals surface area contributed by atoms with E-state index < -0.39 is 23.2 Å². The second-order valence-electron chi connectivity index (χ2n) is 9.75. The van der Waals surface area contributed by atoms with Crippen LogP contribution in [0.2, 0.25) is 0 Å².